The minimum absolute atomic E-state index is 0.683. The molecule has 0 radical (unpaired) electrons. The molecule has 0 aromatic carbocycles. The van der Waals surface area contributed by atoms with Gasteiger partial charge in [0.1, 0.15) is 0 Å². The van der Waals surface area contributed by atoms with Gasteiger partial charge in [0.15, 0.2) is 0 Å². The Morgan fingerprint density at radius 2 is 1.93 bits per heavy atom. The van der Waals surface area contributed by atoms with Crippen LogP contribution in [0, 0.1) is 23.2 Å². The van der Waals surface area contributed by atoms with Crippen LogP contribution in [-0.4, -0.2) is 12.6 Å². The Hall–Kier alpha value is -0.550. The van der Waals surface area contributed by atoms with Gasteiger partial charge in [-0.2, -0.15) is 5.26 Å². The second kappa shape index (κ2) is 6.03. The molecule has 0 amide bonds. The van der Waals surface area contributed by atoms with Gasteiger partial charge in [0.05, 0.1) is 6.07 Å². The molecule has 14 heavy (non-hydrogen) atoms. The van der Waals surface area contributed by atoms with E-state index in [-0.39, 0.29) is 0 Å². The molecule has 2 nitrogen and oxygen atoms in total. The molecule has 80 valence electrons. The summed E-state index contributed by atoms with van der Waals surface area (Å²) in [7, 11) is 0. The summed E-state index contributed by atoms with van der Waals surface area (Å²) in [6, 6.07) is 2.87. The fourth-order valence-electron chi connectivity index (χ4n) is 2.52. The minimum Gasteiger partial charge on any atom is -0.313 e. The number of nitrogens with zero attached hydrogens (tertiary/aromatic N) is 1. The Morgan fingerprint density at radius 1 is 1.29 bits per heavy atom. The summed E-state index contributed by atoms with van der Waals surface area (Å²) in [5.74, 6) is 1.61. The Morgan fingerprint density at radius 3 is 2.50 bits per heavy atom. The number of hydrogen-bond donors (Lipinski definition) is 1. The molecule has 0 spiro atoms. The van der Waals surface area contributed by atoms with E-state index >= 15 is 0 Å². The van der Waals surface area contributed by atoms with Crippen molar-refractivity contribution >= 4 is 0 Å². The molecule has 0 aliphatic heterocycles. The first kappa shape index (κ1) is 11.5. The lowest BCUT2D eigenvalue weighted by molar-refractivity contribution is 0.209. The zero-order valence-electron chi connectivity index (χ0n) is 9.42. The van der Waals surface area contributed by atoms with E-state index in [0.29, 0.717) is 12.5 Å². The van der Waals surface area contributed by atoms with E-state index in [1.54, 1.807) is 0 Å². The molecule has 2 unspecified atom stereocenters. The van der Waals surface area contributed by atoms with Gasteiger partial charge in [0, 0.05) is 12.5 Å². The molecule has 0 bridgehead atoms. The van der Waals surface area contributed by atoms with Crippen LogP contribution in [0.5, 0.6) is 0 Å². The molecule has 1 saturated carbocycles. The Bertz CT molecular complexity index is 185. The maximum absolute atomic E-state index is 8.43. The van der Waals surface area contributed by atoms with Gasteiger partial charge in [0.25, 0.3) is 0 Å². The Balaban J connectivity index is 2.23. The molecule has 2 heteroatoms. The van der Waals surface area contributed by atoms with E-state index in [1.165, 1.54) is 19.3 Å². The largest absolute Gasteiger partial charge is 0.313 e. The number of rotatable bonds is 4. The van der Waals surface area contributed by atoms with Crippen molar-refractivity contribution < 1.29 is 0 Å². The van der Waals surface area contributed by atoms with E-state index in [2.05, 4.69) is 25.2 Å². The van der Waals surface area contributed by atoms with Crippen molar-refractivity contribution in [2.45, 2.75) is 52.0 Å². The average molecular weight is 194 g/mol. The molecule has 1 N–H and O–H groups in total. The van der Waals surface area contributed by atoms with Crippen molar-refractivity contribution in [2.75, 3.05) is 6.54 Å². The third kappa shape index (κ3) is 3.31. The van der Waals surface area contributed by atoms with E-state index in [9.17, 15) is 0 Å². The normalized spacial score (nSPS) is 32.5. The van der Waals surface area contributed by atoms with Crippen molar-refractivity contribution in [1.29, 1.82) is 5.26 Å². The first-order valence-electron chi connectivity index (χ1n) is 5.86. The molecule has 0 aromatic rings. The Labute approximate surface area is 87.7 Å². The van der Waals surface area contributed by atoms with E-state index in [4.69, 9.17) is 5.26 Å². The van der Waals surface area contributed by atoms with Gasteiger partial charge in [-0.15, -0.1) is 0 Å². The lowest BCUT2D eigenvalue weighted by Crippen LogP contribution is -2.43. The van der Waals surface area contributed by atoms with E-state index in [0.717, 1.165) is 24.8 Å². The van der Waals surface area contributed by atoms with Crippen LogP contribution < -0.4 is 5.32 Å². The predicted molar refractivity (Wildman–Crippen MR) is 58.8 cm³/mol. The third-order valence-electron chi connectivity index (χ3n) is 3.39. The summed E-state index contributed by atoms with van der Waals surface area (Å²) in [4.78, 5) is 0. The number of nitriles is 1. The van der Waals surface area contributed by atoms with Crippen molar-refractivity contribution in [2.24, 2.45) is 11.8 Å². The highest BCUT2D eigenvalue weighted by Crippen LogP contribution is 2.28. The molecular formula is C12H22N2. The molecule has 1 fully saturated rings. The van der Waals surface area contributed by atoms with Gasteiger partial charge in [-0.05, 0) is 37.6 Å². The number of nitrogens with one attached hydrogen (secondary N) is 1. The van der Waals surface area contributed by atoms with Crippen LogP contribution in [0.1, 0.15) is 46.0 Å². The molecule has 1 rings (SSSR count). The monoisotopic (exact) mass is 194 g/mol. The van der Waals surface area contributed by atoms with Crippen LogP contribution >= 0.6 is 0 Å². The lowest BCUT2D eigenvalue weighted by atomic mass is 9.79. The van der Waals surface area contributed by atoms with Crippen molar-refractivity contribution in [1.82, 2.24) is 5.32 Å². The molecular weight excluding hydrogens is 172 g/mol. The second-order valence-electron chi connectivity index (χ2n) is 4.63. The summed E-state index contributed by atoms with van der Waals surface area (Å²) in [5, 5.41) is 12.0. The predicted octanol–water partition coefficient (Wildman–Crippen LogP) is 2.70. The summed E-state index contributed by atoms with van der Waals surface area (Å²) >= 11 is 0. The van der Waals surface area contributed by atoms with Gasteiger partial charge < -0.3 is 5.32 Å². The molecule has 0 heterocycles. The zero-order valence-corrected chi connectivity index (χ0v) is 9.42. The second-order valence-corrected chi connectivity index (χ2v) is 4.63. The van der Waals surface area contributed by atoms with Gasteiger partial charge in [-0.3, -0.25) is 0 Å². The first-order valence-corrected chi connectivity index (χ1v) is 5.86. The third-order valence-corrected chi connectivity index (χ3v) is 3.39. The SMILES string of the molecule is CC1CCCC(C)C1NCCCC#N. The minimum atomic E-state index is 0.683. The van der Waals surface area contributed by atoms with Gasteiger partial charge >= 0.3 is 0 Å². The van der Waals surface area contributed by atoms with E-state index < -0.39 is 0 Å². The fraction of sp³-hybridized carbons (Fsp3) is 0.917. The summed E-state index contributed by atoms with van der Waals surface area (Å²) in [6.07, 6.45) is 5.79. The van der Waals surface area contributed by atoms with Crippen molar-refractivity contribution in [3.8, 4) is 6.07 Å². The molecule has 1 aliphatic rings. The van der Waals surface area contributed by atoms with Gasteiger partial charge in [-0.1, -0.05) is 20.3 Å². The number of unbranched alkanes of at least 4 members (excludes halogenated alkanes) is 1. The van der Waals surface area contributed by atoms with Crippen LogP contribution in [0.25, 0.3) is 0 Å². The van der Waals surface area contributed by atoms with E-state index in [1.807, 2.05) is 0 Å². The zero-order chi connectivity index (χ0) is 10.4. The lowest BCUT2D eigenvalue weighted by Gasteiger charge is -2.35. The summed E-state index contributed by atoms with van der Waals surface area (Å²) in [5.41, 5.74) is 0. The van der Waals surface area contributed by atoms with Crippen LogP contribution in [0.4, 0.5) is 0 Å². The number of hydrogen-bond acceptors (Lipinski definition) is 2. The van der Waals surface area contributed by atoms with Crippen LogP contribution in [0.2, 0.25) is 0 Å². The quantitative estimate of drug-likeness (QED) is 0.698. The highest BCUT2D eigenvalue weighted by molar-refractivity contribution is 4.83. The molecule has 0 saturated heterocycles. The summed E-state index contributed by atoms with van der Waals surface area (Å²) in [6.45, 7) is 5.70. The Kier molecular flexibility index (Phi) is 4.97. The van der Waals surface area contributed by atoms with Crippen molar-refractivity contribution in [3.63, 3.8) is 0 Å². The maximum atomic E-state index is 8.43. The van der Waals surface area contributed by atoms with Gasteiger partial charge in [0.2, 0.25) is 0 Å². The molecule has 0 aromatic heterocycles. The van der Waals surface area contributed by atoms with Crippen LogP contribution in [0.15, 0.2) is 0 Å². The standard InChI is InChI=1S/C12H22N2/c1-10-6-5-7-11(2)12(10)14-9-4-3-8-13/h10-12,14H,3-7,9H2,1-2H3. The van der Waals surface area contributed by atoms with Crippen LogP contribution in [-0.2, 0) is 0 Å². The molecule has 2 atom stereocenters. The maximum Gasteiger partial charge on any atom is 0.0622 e. The smallest absolute Gasteiger partial charge is 0.0622 e. The fourth-order valence-corrected chi connectivity index (χ4v) is 2.52. The van der Waals surface area contributed by atoms with Crippen molar-refractivity contribution in [3.05, 3.63) is 0 Å². The highest BCUT2D eigenvalue weighted by Gasteiger charge is 2.26. The summed E-state index contributed by atoms with van der Waals surface area (Å²) < 4.78 is 0. The van der Waals surface area contributed by atoms with Gasteiger partial charge in [-0.25, -0.2) is 0 Å². The topological polar surface area (TPSA) is 35.8 Å². The average Bonchev–Trinajstić information content (AvgIpc) is 2.16. The first-order chi connectivity index (χ1) is 6.75. The highest BCUT2D eigenvalue weighted by atomic mass is 14.9. The molecule has 1 aliphatic carbocycles. The van der Waals surface area contributed by atoms with Crippen LogP contribution in [0.3, 0.4) is 0 Å².